The Morgan fingerprint density at radius 1 is 0.900 bits per heavy atom. The van der Waals surface area contributed by atoms with Gasteiger partial charge in [0, 0.05) is 31.2 Å². The molecule has 1 amide bonds. The van der Waals surface area contributed by atoms with Crippen LogP contribution < -0.4 is 16.4 Å². The van der Waals surface area contributed by atoms with Gasteiger partial charge in [0.25, 0.3) is 17.0 Å². The summed E-state index contributed by atoms with van der Waals surface area (Å²) in [6.45, 7) is 0.809. The van der Waals surface area contributed by atoms with Gasteiger partial charge < -0.3 is 9.88 Å². The van der Waals surface area contributed by atoms with Crippen LogP contribution in [0.4, 0.5) is 0 Å². The summed E-state index contributed by atoms with van der Waals surface area (Å²) in [4.78, 5) is 36.8. The van der Waals surface area contributed by atoms with E-state index in [1.807, 2.05) is 30.3 Å². The molecule has 0 fully saturated rings. The van der Waals surface area contributed by atoms with E-state index < -0.39 is 0 Å². The summed E-state index contributed by atoms with van der Waals surface area (Å²) < 4.78 is 2.81. The minimum absolute atomic E-state index is 0.0502. The number of nitrogens with zero attached hydrogens (tertiary/aromatic N) is 3. The highest BCUT2D eigenvalue weighted by molar-refractivity contribution is 6.04. The second-order valence-corrected chi connectivity index (χ2v) is 6.99. The average Bonchev–Trinajstić information content (AvgIpc) is 2.77. The molecule has 30 heavy (non-hydrogen) atoms. The maximum absolute atomic E-state index is 12.7. The maximum atomic E-state index is 12.7. The summed E-state index contributed by atoms with van der Waals surface area (Å²) in [5.41, 5.74) is 1.83. The number of rotatable bonds is 5. The van der Waals surface area contributed by atoms with Gasteiger partial charge in [0.2, 0.25) is 0 Å². The molecule has 0 radical (unpaired) electrons. The Balaban J connectivity index is 1.48. The fourth-order valence-corrected chi connectivity index (χ4v) is 3.28. The SMILES string of the molecule is Cn1nc(C(=O)NCc2ccc(Cn3ccccc3=O)cc2)c2ccccc2c1=O. The van der Waals surface area contributed by atoms with Gasteiger partial charge in [-0.05, 0) is 23.3 Å². The van der Waals surface area contributed by atoms with E-state index in [0.717, 1.165) is 11.1 Å². The highest BCUT2D eigenvalue weighted by Crippen LogP contribution is 2.13. The van der Waals surface area contributed by atoms with Crippen molar-refractivity contribution in [2.24, 2.45) is 7.05 Å². The third-order valence-electron chi connectivity index (χ3n) is 4.90. The Labute approximate surface area is 172 Å². The van der Waals surface area contributed by atoms with Crippen molar-refractivity contribution in [1.29, 1.82) is 0 Å². The lowest BCUT2D eigenvalue weighted by molar-refractivity contribution is 0.0945. The number of hydrogen-bond donors (Lipinski definition) is 1. The highest BCUT2D eigenvalue weighted by atomic mass is 16.2. The summed E-state index contributed by atoms with van der Waals surface area (Å²) in [7, 11) is 1.53. The molecule has 0 spiro atoms. The number of carbonyl (C=O) groups is 1. The minimum Gasteiger partial charge on any atom is -0.347 e. The second-order valence-electron chi connectivity index (χ2n) is 6.99. The average molecular weight is 400 g/mol. The lowest BCUT2D eigenvalue weighted by atomic mass is 10.1. The van der Waals surface area contributed by atoms with Gasteiger partial charge in [0.1, 0.15) is 0 Å². The first-order valence-corrected chi connectivity index (χ1v) is 9.50. The van der Waals surface area contributed by atoms with Crippen LogP contribution in [0.25, 0.3) is 10.8 Å². The van der Waals surface area contributed by atoms with Crippen LogP contribution in [0.15, 0.2) is 82.5 Å². The molecule has 0 bridgehead atoms. The third kappa shape index (κ3) is 3.91. The smallest absolute Gasteiger partial charge is 0.274 e. The number of fused-ring (bicyclic) bond motifs is 1. The van der Waals surface area contributed by atoms with Crippen molar-refractivity contribution in [3.63, 3.8) is 0 Å². The van der Waals surface area contributed by atoms with Crippen LogP contribution in [0.3, 0.4) is 0 Å². The monoisotopic (exact) mass is 400 g/mol. The van der Waals surface area contributed by atoms with E-state index in [1.54, 1.807) is 41.1 Å². The standard InChI is InChI=1S/C23H20N4O3/c1-26-23(30)19-7-3-2-6-18(19)21(25-26)22(29)24-14-16-9-11-17(12-10-16)15-27-13-5-4-8-20(27)28/h2-13H,14-15H2,1H3,(H,24,29). The van der Waals surface area contributed by atoms with Gasteiger partial charge in [0.15, 0.2) is 5.69 Å². The molecule has 0 aliphatic heterocycles. The van der Waals surface area contributed by atoms with Gasteiger partial charge in [-0.3, -0.25) is 14.4 Å². The van der Waals surface area contributed by atoms with Crippen molar-refractivity contribution < 1.29 is 4.79 Å². The Hall–Kier alpha value is -4.00. The summed E-state index contributed by atoms with van der Waals surface area (Å²) in [6, 6.07) is 19.7. The summed E-state index contributed by atoms with van der Waals surface area (Å²) in [5, 5.41) is 7.99. The van der Waals surface area contributed by atoms with Crippen molar-refractivity contribution in [3.05, 3.63) is 110 Å². The molecule has 0 atom stereocenters. The van der Waals surface area contributed by atoms with Crippen molar-refractivity contribution in [2.75, 3.05) is 0 Å². The molecule has 2 heterocycles. The fourth-order valence-electron chi connectivity index (χ4n) is 3.28. The Kier molecular flexibility index (Phi) is 5.26. The van der Waals surface area contributed by atoms with Gasteiger partial charge in [-0.1, -0.05) is 48.5 Å². The van der Waals surface area contributed by atoms with Gasteiger partial charge >= 0.3 is 0 Å². The Morgan fingerprint density at radius 2 is 1.57 bits per heavy atom. The molecular formula is C23H20N4O3. The highest BCUT2D eigenvalue weighted by Gasteiger charge is 2.15. The largest absolute Gasteiger partial charge is 0.347 e. The molecule has 0 unspecified atom stereocenters. The molecule has 7 heteroatoms. The molecule has 2 aromatic carbocycles. The van der Waals surface area contributed by atoms with E-state index in [9.17, 15) is 14.4 Å². The van der Waals surface area contributed by atoms with E-state index in [4.69, 9.17) is 0 Å². The number of nitrogens with one attached hydrogen (secondary N) is 1. The van der Waals surface area contributed by atoms with Crippen molar-refractivity contribution in [3.8, 4) is 0 Å². The zero-order chi connectivity index (χ0) is 21.1. The first-order chi connectivity index (χ1) is 14.5. The van der Waals surface area contributed by atoms with Gasteiger partial charge in [-0.15, -0.1) is 0 Å². The summed E-state index contributed by atoms with van der Waals surface area (Å²) in [6.07, 6.45) is 1.75. The number of carbonyl (C=O) groups excluding carboxylic acids is 1. The number of hydrogen-bond acceptors (Lipinski definition) is 4. The van der Waals surface area contributed by atoms with Crippen molar-refractivity contribution >= 4 is 16.7 Å². The molecule has 0 aliphatic carbocycles. The van der Waals surface area contributed by atoms with Crippen LogP contribution >= 0.6 is 0 Å². The van der Waals surface area contributed by atoms with Gasteiger partial charge in [0.05, 0.1) is 11.9 Å². The van der Waals surface area contributed by atoms with Crippen LogP contribution in [0.5, 0.6) is 0 Å². The van der Waals surface area contributed by atoms with Crippen LogP contribution in [0.1, 0.15) is 21.6 Å². The first-order valence-electron chi connectivity index (χ1n) is 9.50. The number of pyridine rings is 1. The fraction of sp³-hybridized carbons (Fsp3) is 0.130. The van der Waals surface area contributed by atoms with E-state index in [1.165, 1.54) is 17.8 Å². The zero-order valence-electron chi connectivity index (χ0n) is 16.4. The lowest BCUT2D eigenvalue weighted by Crippen LogP contribution is -2.29. The van der Waals surface area contributed by atoms with Crippen LogP contribution in [0, 0.1) is 0 Å². The van der Waals surface area contributed by atoms with E-state index >= 15 is 0 Å². The normalized spacial score (nSPS) is 10.8. The van der Waals surface area contributed by atoms with Crippen LogP contribution in [-0.4, -0.2) is 20.3 Å². The molecule has 4 rings (SSSR count). The topological polar surface area (TPSA) is 86.0 Å². The molecule has 0 saturated heterocycles. The Bertz CT molecular complexity index is 1340. The maximum Gasteiger partial charge on any atom is 0.274 e. The number of benzene rings is 2. The molecule has 4 aromatic rings. The number of amides is 1. The molecular weight excluding hydrogens is 380 g/mol. The van der Waals surface area contributed by atoms with Crippen LogP contribution in [0.2, 0.25) is 0 Å². The second kappa shape index (κ2) is 8.16. The van der Waals surface area contributed by atoms with E-state index in [0.29, 0.717) is 23.9 Å². The number of aromatic nitrogens is 3. The quantitative estimate of drug-likeness (QED) is 0.556. The van der Waals surface area contributed by atoms with Crippen molar-refractivity contribution in [2.45, 2.75) is 13.1 Å². The third-order valence-corrected chi connectivity index (χ3v) is 4.90. The predicted octanol–water partition coefficient (Wildman–Crippen LogP) is 2.07. The molecule has 1 N–H and O–H groups in total. The zero-order valence-corrected chi connectivity index (χ0v) is 16.4. The molecule has 7 nitrogen and oxygen atoms in total. The van der Waals surface area contributed by atoms with Crippen LogP contribution in [-0.2, 0) is 20.1 Å². The molecule has 0 aliphatic rings. The lowest BCUT2D eigenvalue weighted by Gasteiger charge is -2.10. The molecule has 0 saturated carbocycles. The number of aryl methyl sites for hydroxylation is 1. The summed E-state index contributed by atoms with van der Waals surface area (Å²) >= 11 is 0. The van der Waals surface area contributed by atoms with E-state index in [2.05, 4.69) is 10.4 Å². The van der Waals surface area contributed by atoms with Gasteiger partial charge in [-0.25, -0.2) is 4.68 Å². The summed E-state index contributed by atoms with van der Waals surface area (Å²) in [5.74, 6) is -0.346. The van der Waals surface area contributed by atoms with E-state index in [-0.39, 0.29) is 22.7 Å². The van der Waals surface area contributed by atoms with Gasteiger partial charge in [-0.2, -0.15) is 5.10 Å². The minimum atomic E-state index is -0.346. The molecule has 2 aromatic heterocycles. The molecule has 150 valence electrons. The first kappa shape index (κ1) is 19.3. The predicted molar refractivity (Wildman–Crippen MR) is 114 cm³/mol. The Morgan fingerprint density at radius 3 is 2.30 bits per heavy atom. The van der Waals surface area contributed by atoms with Crippen molar-refractivity contribution in [1.82, 2.24) is 19.7 Å².